The second kappa shape index (κ2) is 5.00. The molecule has 0 aromatic heterocycles. The number of hydrogen-bond acceptors (Lipinski definition) is 3. The van der Waals surface area contributed by atoms with Crippen LogP contribution in [0.25, 0.3) is 0 Å². The van der Waals surface area contributed by atoms with Crippen LogP contribution in [0.5, 0.6) is 0 Å². The highest BCUT2D eigenvalue weighted by molar-refractivity contribution is 7.90. The van der Waals surface area contributed by atoms with Crippen molar-refractivity contribution in [3.63, 3.8) is 0 Å². The van der Waals surface area contributed by atoms with Crippen LogP contribution >= 0.6 is 0 Å². The fourth-order valence-electron chi connectivity index (χ4n) is 2.56. The summed E-state index contributed by atoms with van der Waals surface area (Å²) in [6, 6.07) is 14.0. The molecule has 0 aliphatic carbocycles. The number of benzene rings is 2. The molecule has 1 amide bonds. The van der Waals surface area contributed by atoms with Gasteiger partial charge in [0.2, 0.25) is 0 Å². The molecule has 108 valence electrons. The normalized spacial score (nSPS) is 14.0. The number of sulfone groups is 1. The van der Waals surface area contributed by atoms with Gasteiger partial charge in [0.15, 0.2) is 9.84 Å². The maximum absolute atomic E-state index is 12.6. The van der Waals surface area contributed by atoms with Crippen molar-refractivity contribution >= 4 is 21.4 Å². The molecule has 4 nitrogen and oxygen atoms in total. The van der Waals surface area contributed by atoms with Crippen LogP contribution in [0, 0.1) is 0 Å². The van der Waals surface area contributed by atoms with E-state index in [4.69, 9.17) is 0 Å². The molecule has 0 radical (unpaired) electrons. The quantitative estimate of drug-likeness (QED) is 0.855. The SMILES string of the molecule is CS(=O)(=O)c1cccc(C(=O)N2CCc3ccccc32)c1. The summed E-state index contributed by atoms with van der Waals surface area (Å²) in [5.41, 5.74) is 2.45. The first-order valence-electron chi connectivity index (χ1n) is 6.67. The average Bonchev–Trinajstić information content (AvgIpc) is 2.90. The van der Waals surface area contributed by atoms with Crippen molar-refractivity contribution in [3.05, 3.63) is 59.7 Å². The molecular weight excluding hydrogens is 286 g/mol. The van der Waals surface area contributed by atoms with Gasteiger partial charge in [-0.05, 0) is 36.2 Å². The first kappa shape index (κ1) is 13.8. The molecule has 2 aromatic carbocycles. The second-order valence-corrected chi connectivity index (χ2v) is 7.15. The number of fused-ring (bicyclic) bond motifs is 1. The Morgan fingerprint density at radius 2 is 1.86 bits per heavy atom. The number of anilines is 1. The van der Waals surface area contributed by atoms with Crippen LogP contribution in [-0.2, 0) is 16.3 Å². The minimum Gasteiger partial charge on any atom is -0.308 e. The number of rotatable bonds is 2. The molecule has 21 heavy (non-hydrogen) atoms. The Morgan fingerprint density at radius 1 is 1.10 bits per heavy atom. The highest BCUT2D eigenvalue weighted by Gasteiger charge is 2.25. The molecule has 3 rings (SSSR count). The van der Waals surface area contributed by atoms with Crippen molar-refractivity contribution in [1.82, 2.24) is 0 Å². The smallest absolute Gasteiger partial charge is 0.258 e. The van der Waals surface area contributed by atoms with Crippen molar-refractivity contribution in [2.24, 2.45) is 0 Å². The first-order valence-corrected chi connectivity index (χ1v) is 8.56. The van der Waals surface area contributed by atoms with Gasteiger partial charge >= 0.3 is 0 Å². The van der Waals surface area contributed by atoms with Crippen LogP contribution in [0.4, 0.5) is 5.69 Å². The van der Waals surface area contributed by atoms with Crippen molar-refractivity contribution < 1.29 is 13.2 Å². The molecule has 0 saturated carbocycles. The van der Waals surface area contributed by atoms with E-state index in [1.54, 1.807) is 17.0 Å². The van der Waals surface area contributed by atoms with E-state index in [9.17, 15) is 13.2 Å². The summed E-state index contributed by atoms with van der Waals surface area (Å²) in [6.07, 6.45) is 1.97. The monoisotopic (exact) mass is 301 g/mol. The molecule has 0 N–H and O–H groups in total. The molecule has 5 heteroatoms. The molecular formula is C16H15NO3S. The minimum atomic E-state index is -3.31. The number of hydrogen-bond donors (Lipinski definition) is 0. The lowest BCUT2D eigenvalue weighted by Crippen LogP contribution is -2.28. The van der Waals surface area contributed by atoms with E-state index in [1.807, 2.05) is 24.3 Å². The van der Waals surface area contributed by atoms with Gasteiger partial charge in [0.25, 0.3) is 5.91 Å². The third-order valence-electron chi connectivity index (χ3n) is 3.64. The molecule has 0 saturated heterocycles. The Hall–Kier alpha value is -2.14. The Bertz CT molecular complexity index is 812. The van der Waals surface area contributed by atoms with Crippen LogP contribution in [0.2, 0.25) is 0 Å². The Morgan fingerprint density at radius 3 is 2.62 bits per heavy atom. The van der Waals surface area contributed by atoms with Gasteiger partial charge in [-0.2, -0.15) is 0 Å². The van der Waals surface area contributed by atoms with E-state index in [1.165, 1.54) is 12.1 Å². The highest BCUT2D eigenvalue weighted by Crippen LogP contribution is 2.29. The molecule has 0 unspecified atom stereocenters. The second-order valence-electron chi connectivity index (χ2n) is 5.14. The predicted octanol–water partition coefficient (Wildman–Crippen LogP) is 2.29. The van der Waals surface area contributed by atoms with E-state index >= 15 is 0 Å². The van der Waals surface area contributed by atoms with E-state index in [2.05, 4.69) is 0 Å². The molecule has 0 atom stereocenters. The summed E-state index contributed by atoms with van der Waals surface area (Å²) in [4.78, 5) is 14.5. The molecule has 1 aliphatic heterocycles. The van der Waals surface area contributed by atoms with Crippen LogP contribution in [-0.4, -0.2) is 27.1 Å². The maximum atomic E-state index is 12.6. The lowest BCUT2D eigenvalue weighted by atomic mass is 10.1. The van der Waals surface area contributed by atoms with Crippen molar-refractivity contribution in [3.8, 4) is 0 Å². The summed E-state index contributed by atoms with van der Waals surface area (Å²) in [7, 11) is -3.31. The van der Waals surface area contributed by atoms with E-state index in [0.717, 1.165) is 23.9 Å². The van der Waals surface area contributed by atoms with Gasteiger partial charge < -0.3 is 4.90 Å². The van der Waals surface area contributed by atoms with Crippen molar-refractivity contribution in [2.75, 3.05) is 17.7 Å². The number of para-hydroxylation sites is 1. The Labute approximate surface area is 123 Å². The molecule has 1 aliphatic rings. The van der Waals surface area contributed by atoms with Gasteiger partial charge in [-0.15, -0.1) is 0 Å². The fourth-order valence-corrected chi connectivity index (χ4v) is 3.23. The van der Waals surface area contributed by atoms with Gasteiger partial charge in [-0.3, -0.25) is 4.79 Å². The van der Waals surface area contributed by atoms with Crippen molar-refractivity contribution in [2.45, 2.75) is 11.3 Å². The number of carbonyl (C=O) groups is 1. The highest BCUT2D eigenvalue weighted by atomic mass is 32.2. The Balaban J connectivity index is 1.98. The van der Waals surface area contributed by atoms with Gasteiger partial charge in [-0.25, -0.2) is 8.42 Å². The Kier molecular flexibility index (Phi) is 3.29. The molecule has 1 heterocycles. The van der Waals surface area contributed by atoms with E-state index < -0.39 is 9.84 Å². The summed E-state index contributed by atoms with van der Waals surface area (Å²) < 4.78 is 23.2. The number of nitrogens with zero attached hydrogens (tertiary/aromatic N) is 1. The summed E-state index contributed by atoms with van der Waals surface area (Å²) in [6.45, 7) is 0.626. The minimum absolute atomic E-state index is 0.162. The lowest BCUT2D eigenvalue weighted by Gasteiger charge is -2.17. The lowest BCUT2D eigenvalue weighted by molar-refractivity contribution is 0.0989. The van der Waals surface area contributed by atoms with Crippen molar-refractivity contribution in [1.29, 1.82) is 0 Å². The first-order chi connectivity index (χ1) is 9.97. The van der Waals surface area contributed by atoms with E-state index in [0.29, 0.717) is 12.1 Å². The van der Waals surface area contributed by atoms with Gasteiger partial charge in [-0.1, -0.05) is 24.3 Å². The zero-order valence-corrected chi connectivity index (χ0v) is 12.4. The van der Waals surface area contributed by atoms with Crippen LogP contribution in [0.3, 0.4) is 0 Å². The van der Waals surface area contributed by atoms with Crippen LogP contribution < -0.4 is 4.90 Å². The average molecular weight is 301 g/mol. The molecule has 2 aromatic rings. The fraction of sp³-hybridized carbons (Fsp3) is 0.188. The third kappa shape index (κ3) is 2.56. The standard InChI is InChI=1S/C16H15NO3S/c1-21(19,20)14-7-4-6-13(11-14)16(18)17-10-9-12-5-2-3-8-15(12)17/h2-8,11H,9-10H2,1H3. The molecule has 0 fully saturated rings. The van der Waals surface area contributed by atoms with Gasteiger partial charge in [0.05, 0.1) is 4.90 Å². The summed E-state index contributed by atoms with van der Waals surface area (Å²) in [5, 5.41) is 0. The summed E-state index contributed by atoms with van der Waals surface area (Å²) in [5.74, 6) is -0.162. The number of carbonyl (C=O) groups excluding carboxylic acids is 1. The topological polar surface area (TPSA) is 54.5 Å². The third-order valence-corrected chi connectivity index (χ3v) is 4.75. The van der Waals surface area contributed by atoms with Crippen LogP contribution in [0.15, 0.2) is 53.4 Å². The van der Waals surface area contributed by atoms with Crippen LogP contribution in [0.1, 0.15) is 15.9 Å². The summed E-state index contributed by atoms with van der Waals surface area (Å²) >= 11 is 0. The zero-order chi connectivity index (χ0) is 15.0. The maximum Gasteiger partial charge on any atom is 0.258 e. The number of amides is 1. The predicted molar refractivity (Wildman–Crippen MR) is 81.4 cm³/mol. The largest absolute Gasteiger partial charge is 0.308 e. The van der Waals surface area contributed by atoms with Gasteiger partial charge in [0.1, 0.15) is 0 Å². The van der Waals surface area contributed by atoms with Gasteiger partial charge in [0, 0.05) is 24.1 Å². The van der Waals surface area contributed by atoms with E-state index in [-0.39, 0.29) is 10.8 Å². The molecule has 0 spiro atoms. The molecule has 0 bridgehead atoms. The zero-order valence-electron chi connectivity index (χ0n) is 11.6.